The molecule has 0 spiro atoms. The molecule has 0 bridgehead atoms. The number of aliphatic carboxylic acids is 1. The maximum Gasteiger partial charge on any atom is 1.00 e. The minimum absolute atomic E-state index is 0. The Hall–Kier alpha value is -0.840. The van der Waals surface area contributed by atoms with Gasteiger partial charge in [-0.15, -0.1) is 23.1 Å². The summed E-state index contributed by atoms with van der Waals surface area (Å²) in [5, 5.41) is 21.6. The summed E-state index contributed by atoms with van der Waals surface area (Å²) >= 11 is 2.99. The summed E-state index contributed by atoms with van der Waals surface area (Å²) in [5.41, 5.74) is 0.608. The Morgan fingerprint density at radius 1 is 1.56 bits per heavy atom. The number of hydrogen-bond acceptors (Lipinski definition) is 7. The van der Waals surface area contributed by atoms with Gasteiger partial charge in [0.1, 0.15) is 16.2 Å². The van der Waals surface area contributed by atoms with Gasteiger partial charge in [-0.2, -0.15) is 0 Å². The van der Waals surface area contributed by atoms with E-state index in [0.29, 0.717) is 18.4 Å². The minimum Gasteiger partial charge on any atom is -0.543 e. The monoisotopic (exact) mass is 387 g/mol. The second-order valence-electron chi connectivity index (χ2n) is 5.77. The number of carbonyl (C=O) groups is 2. The molecule has 126 valence electrons. The zero-order valence-corrected chi connectivity index (χ0v) is 17.4. The zero-order chi connectivity index (χ0) is 17.0. The van der Waals surface area contributed by atoms with Gasteiger partial charge in [0.05, 0.1) is 28.5 Å². The van der Waals surface area contributed by atoms with Crippen molar-refractivity contribution in [1.82, 2.24) is 14.3 Å². The fourth-order valence-electron chi connectivity index (χ4n) is 3.52. The first-order valence-electron chi connectivity index (χ1n) is 7.46. The Kier molecular flexibility index (Phi) is 5.34. The van der Waals surface area contributed by atoms with Crippen LogP contribution in [0.1, 0.15) is 17.7 Å². The molecule has 2 aliphatic rings. The van der Waals surface area contributed by atoms with Gasteiger partial charge in [-0.3, -0.25) is 9.20 Å². The summed E-state index contributed by atoms with van der Waals surface area (Å²) in [7, 11) is 0. The molecule has 2 aliphatic heterocycles. The number of amides is 1. The molecule has 10 heteroatoms. The smallest absolute Gasteiger partial charge is 0.543 e. The molecule has 2 aromatic heterocycles. The summed E-state index contributed by atoms with van der Waals surface area (Å²) in [4.78, 5) is 31.2. The molecule has 1 amide bonds. The Labute approximate surface area is 174 Å². The van der Waals surface area contributed by atoms with Gasteiger partial charge in [0.2, 0.25) is 5.91 Å². The van der Waals surface area contributed by atoms with Crippen molar-refractivity contribution >= 4 is 45.4 Å². The van der Waals surface area contributed by atoms with Crippen molar-refractivity contribution in [2.75, 3.05) is 12.9 Å². The first kappa shape index (κ1) is 18.9. The second kappa shape index (κ2) is 7.05. The van der Waals surface area contributed by atoms with Gasteiger partial charge in [-0.25, -0.2) is 4.98 Å². The third-order valence-corrected chi connectivity index (χ3v) is 6.58. The standard InChI is InChI=1S/C15H15N3O4S2.Na/c1-23-12-14-17(6-16-12)5-10(24-14)8-4-9-7(2-3-19)13(20)18(9)11(8)15(21)22;/h5-7,9,19H,2-4H2,1H3,(H,21,22);/q;+1/p-1/t7-,9+;/m0./s1. The SMILES string of the molecule is CSc1ncn2cc(C3=C(C(=O)[O-])N4C(=O)[C@@H](CCO)[C@H]4C3)sc12.[Na+]. The summed E-state index contributed by atoms with van der Waals surface area (Å²) in [6.45, 7) is -0.0810. The van der Waals surface area contributed by atoms with E-state index < -0.39 is 5.97 Å². The van der Waals surface area contributed by atoms with Crippen LogP contribution in [0.2, 0.25) is 0 Å². The summed E-state index contributed by atoms with van der Waals surface area (Å²) in [6.07, 6.45) is 6.32. The number of nitrogens with zero attached hydrogens (tertiary/aromatic N) is 3. The second-order valence-corrected chi connectivity index (χ2v) is 7.60. The number of β-lactam (4-membered cyclic amide) rings is 1. The molecule has 1 fully saturated rings. The van der Waals surface area contributed by atoms with Crippen molar-refractivity contribution in [3.63, 3.8) is 0 Å². The molecular formula is C15H14N3NaO4S2. The number of carbonyl (C=O) groups excluding carboxylic acids is 2. The molecule has 25 heavy (non-hydrogen) atoms. The van der Waals surface area contributed by atoms with Gasteiger partial charge in [-0.1, -0.05) is 0 Å². The predicted octanol–water partition coefficient (Wildman–Crippen LogP) is -2.80. The molecule has 0 unspecified atom stereocenters. The molecule has 0 aromatic carbocycles. The van der Waals surface area contributed by atoms with Crippen molar-refractivity contribution < 1.29 is 49.4 Å². The number of thioether (sulfide) groups is 1. The van der Waals surface area contributed by atoms with Crippen molar-refractivity contribution in [1.29, 1.82) is 0 Å². The van der Waals surface area contributed by atoms with Crippen LogP contribution in [-0.4, -0.2) is 50.2 Å². The van der Waals surface area contributed by atoms with Gasteiger partial charge < -0.3 is 19.9 Å². The maximum absolute atomic E-state index is 12.2. The maximum atomic E-state index is 12.2. The number of aliphatic hydroxyl groups excluding tert-OH is 1. The van der Waals surface area contributed by atoms with Crippen molar-refractivity contribution in [3.05, 3.63) is 23.1 Å². The summed E-state index contributed by atoms with van der Waals surface area (Å²) < 4.78 is 1.87. The van der Waals surface area contributed by atoms with Gasteiger partial charge in [0.25, 0.3) is 0 Å². The van der Waals surface area contributed by atoms with Gasteiger partial charge >= 0.3 is 29.6 Å². The molecule has 0 radical (unpaired) electrons. The van der Waals surface area contributed by atoms with E-state index in [-0.39, 0.29) is 59.7 Å². The Balaban J connectivity index is 0.00000182. The molecule has 2 aromatic rings. The van der Waals surface area contributed by atoms with Gasteiger partial charge in [0, 0.05) is 12.8 Å². The van der Waals surface area contributed by atoms with Crippen LogP contribution in [0.4, 0.5) is 0 Å². The van der Waals surface area contributed by atoms with Crippen LogP contribution in [0.25, 0.3) is 10.4 Å². The van der Waals surface area contributed by atoms with Crippen LogP contribution in [-0.2, 0) is 9.59 Å². The van der Waals surface area contributed by atoms with E-state index in [0.717, 1.165) is 14.7 Å². The van der Waals surface area contributed by atoms with Crippen molar-refractivity contribution in [2.45, 2.75) is 23.9 Å². The molecule has 1 saturated heterocycles. The van der Waals surface area contributed by atoms with E-state index in [4.69, 9.17) is 5.11 Å². The molecule has 0 aliphatic carbocycles. The first-order valence-corrected chi connectivity index (χ1v) is 9.50. The van der Waals surface area contributed by atoms with E-state index >= 15 is 0 Å². The third kappa shape index (κ3) is 2.77. The number of aliphatic hydroxyl groups is 1. The van der Waals surface area contributed by atoms with E-state index in [1.54, 1.807) is 6.33 Å². The Morgan fingerprint density at radius 2 is 2.32 bits per heavy atom. The van der Waals surface area contributed by atoms with E-state index in [9.17, 15) is 14.7 Å². The van der Waals surface area contributed by atoms with E-state index in [1.807, 2.05) is 16.9 Å². The van der Waals surface area contributed by atoms with Crippen LogP contribution >= 0.6 is 23.1 Å². The number of aromatic nitrogens is 2. The van der Waals surface area contributed by atoms with Crippen LogP contribution < -0.4 is 34.7 Å². The Morgan fingerprint density at radius 3 is 2.96 bits per heavy atom. The van der Waals surface area contributed by atoms with E-state index in [2.05, 4.69) is 4.98 Å². The number of imidazole rings is 1. The number of carboxylic acid groups (broad SMARTS) is 1. The van der Waals surface area contributed by atoms with Crippen LogP contribution in [0.5, 0.6) is 0 Å². The van der Waals surface area contributed by atoms with Crippen molar-refractivity contribution in [2.24, 2.45) is 5.92 Å². The van der Waals surface area contributed by atoms with E-state index in [1.165, 1.54) is 28.0 Å². The molecule has 4 heterocycles. The number of fused-ring (bicyclic) bond motifs is 2. The number of hydrogen-bond donors (Lipinski definition) is 1. The summed E-state index contributed by atoms with van der Waals surface area (Å²) in [6, 6.07) is -0.188. The molecule has 4 rings (SSSR count). The van der Waals surface area contributed by atoms with Crippen LogP contribution in [0, 0.1) is 5.92 Å². The van der Waals surface area contributed by atoms with Gasteiger partial charge in [0.15, 0.2) is 0 Å². The van der Waals surface area contributed by atoms with Crippen LogP contribution in [0.3, 0.4) is 0 Å². The van der Waals surface area contributed by atoms with Crippen molar-refractivity contribution in [3.8, 4) is 0 Å². The number of thiazole rings is 1. The zero-order valence-electron chi connectivity index (χ0n) is 13.8. The molecule has 0 saturated carbocycles. The topological polar surface area (TPSA) is 98.0 Å². The molecule has 7 nitrogen and oxygen atoms in total. The average molecular weight is 387 g/mol. The quantitative estimate of drug-likeness (QED) is 0.338. The molecule has 1 N–H and O–H groups in total. The normalized spacial score (nSPS) is 22.2. The number of rotatable bonds is 5. The third-order valence-electron chi connectivity index (χ3n) is 4.59. The molecular weight excluding hydrogens is 373 g/mol. The molecule has 2 atom stereocenters. The largest absolute Gasteiger partial charge is 1.00 e. The number of carboxylic acids is 1. The van der Waals surface area contributed by atoms with Crippen LogP contribution in [0.15, 0.2) is 23.2 Å². The van der Waals surface area contributed by atoms with Gasteiger partial charge in [-0.05, 0) is 24.7 Å². The summed E-state index contributed by atoms with van der Waals surface area (Å²) in [5.74, 6) is -1.88. The first-order chi connectivity index (χ1) is 11.6. The Bertz CT molecular complexity index is 891. The average Bonchev–Trinajstić information content (AvgIpc) is 3.22. The fourth-order valence-corrected chi connectivity index (χ4v) is 5.35. The fraction of sp³-hybridized carbons (Fsp3) is 0.400. The predicted molar refractivity (Wildman–Crippen MR) is 87.2 cm³/mol. The minimum atomic E-state index is -1.33.